The number of fused-ring (bicyclic) bond motifs is 1. The first-order valence-corrected chi connectivity index (χ1v) is 14.4. The average molecular weight is 579 g/mol. The topological polar surface area (TPSA) is 224 Å². The van der Waals surface area contributed by atoms with Crippen LogP contribution in [0.1, 0.15) is 15.9 Å². The van der Waals surface area contributed by atoms with Gasteiger partial charge >= 0.3 is 0 Å². The SMILES string of the molecule is N=C(N)c1ccc2nc(-c3cc(C(=O)NCCN4CCNCC4)c(O)c(-c4cccc(S(N)(=O)=O)c4)c3O)[nH]c2c1. The van der Waals surface area contributed by atoms with Gasteiger partial charge in [0.2, 0.25) is 10.0 Å². The van der Waals surface area contributed by atoms with Crippen LogP contribution in [-0.4, -0.2) is 84.5 Å². The molecule has 13 nitrogen and oxygen atoms in total. The van der Waals surface area contributed by atoms with Gasteiger partial charge in [0.1, 0.15) is 23.2 Å². The Morgan fingerprint density at radius 2 is 1.85 bits per heavy atom. The van der Waals surface area contributed by atoms with Gasteiger partial charge in [-0.3, -0.25) is 15.1 Å². The highest BCUT2D eigenvalue weighted by Gasteiger charge is 2.26. The fraction of sp³-hybridized carbons (Fsp3) is 0.222. The normalized spacial score (nSPS) is 14.3. The quantitative estimate of drug-likeness (QED) is 0.110. The standard InChI is InChI=1S/C27H30N8O5S/c28-25(29)16-4-5-20-21(13-16)34-26(33-20)18-14-19(27(38)32-8-11-35-9-6-31-7-10-35)24(37)22(23(18)36)15-2-1-3-17(12-15)41(30,39)40/h1-5,12-14,31,36-37H,6-11H2,(H3,28,29)(H,32,38)(H,33,34)(H2,30,39,40). The Bertz CT molecular complexity index is 1760. The number of sulfonamides is 1. The molecule has 10 N–H and O–H groups in total. The van der Waals surface area contributed by atoms with E-state index in [1.165, 1.54) is 30.3 Å². The monoisotopic (exact) mass is 578 g/mol. The Morgan fingerprint density at radius 1 is 1.10 bits per heavy atom. The summed E-state index contributed by atoms with van der Waals surface area (Å²) in [4.78, 5) is 22.9. The molecule has 14 heteroatoms. The van der Waals surface area contributed by atoms with Gasteiger partial charge in [-0.2, -0.15) is 0 Å². The number of nitrogens with two attached hydrogens (primary N) is 2. The van der Waals surface area contributed by atoms with Crippen molar-refractivity contribution in [2.75, 3.05) is 39.3 Å². The van der Waals surface area contributed by atoms with Crippen LogP contribution in [-0.2, 0) is 10.0 Å². The number of aromatic nitrogens is 2. The molecule has 1 aromatic heterocycles. The van der Waals surface area contributed by atoms with Gasteiger partial charge < -0.3 is 31.6 Å². The van der Waals surface area contributed by atoms with Crippen molar-refractivity contribution in [3.05, 3.63) is 59.7 Å². The van der Waals surface area contributed by atoms with E-state index in [4.69, 9.17) is 16.3 Å². The zero-order valence-corrected chi connectivity index (χ0v) is 22.8. The van der Waals surface area contributed by atoms with Crippen LogP contribution in [0.2, 0.25) is 0 Å². The van der Waals surface area contributed by atoms with Crippen molar-refractivity contribution in [1.29, 1.82) is 5.41 Å². The molecule has 1 aliphatic rings. The number of piperazine rings is 1. The zero-order chi connectivity index (χ0) is 29.3. The number of aromatic amines is 1. The molecule has 1 saturated heterocycles. The molecule has 1 amide bonds. The highest BCUT2D eigenvalue weighted by Crippen LogP contribution is 2.46. The fourth-order valence-corrected chi connectivity index (χ4v) is 5.34. The van der Waals surface area contributed by atoms with E-state index in [9.17, 15) is 23.4 Å². The second-order valence-electron chi connectivity index (χ2n) is 9.70. The number of nitrogen functional groups attached to an aromatic ring is 1. The molecule has 0 aliphatic carbocycles. The minimum absolute atomic E-state index is 0.0895. The number of carbonyl (C=O) groups excluding carboxylic acids is 1. The summed E-state index contributed by atoms with van der Waals surface area (Å²) in [6.45, 7) is 4.37. The van der Waals surface area contributed by atoms with Crippen LogP contribution in [0.5, 0.6) is 11.5 Å². The maximum absolute atomic E-state index is 13.3. The molecule has 0 atom stereocenters. The van der Waals surface area contributed by atoms with Gasteiger partial charge in [0.25, 0.3) is 5.91 Å². The number of nitrogens with one attached hydrogen (secondary N) is 4. The van der Waals surface area contributed by atoms with E-state index in [0.29, 0.717) is 29.7 Å². The van der Waals surface area contributed by atoms with Crippen molar-refractivity contribution < 1.29 is 23.4 Å². The van der Waals surface area contributed by atoms with Crippen LogP contribution in [0.4, 0.5) is 0 Å². The highest BCUT2D eigenvalue weighted by molar-refractivity contribution is 7.89. The molecule has 214 valence electrons. The number of amidine groups is 1. The van der Waals surface area contributed by atoms with Crippen molar-refractivity contribution in [3.8, 4) is 34.0 Å². The summed E-state index contributed by atoms with van der Waals surface area (Å²) in [5, 5.41) is 41.7. The van der Waals surface area contributed by atoms with Gasteiger partial charge in [-0.15, -0.1) is 0 Å². The van der Waals surface area contributed by atoms with Crippen molar-refractivity contribution >= 4 is 32.8 Å². The number of aromatic hydroxyl groups is 2. The lowest BCUT2D eigenvalue weighted by Crippen LogP contribution is -2.46. The first-order valence-electron chi connectivity index (χ1n) is 12.8. The maximum atomic E-state index is 13.3. The molecule has 0 bridgehead atoms. The first kappa shape index (κ1) is 28.0. The molecule has 0 radical (unpaired) electrons. The third-order valence-corrected chi connectivity index (χ3v) is 7.85. The van der Waals surface area contributed by atoms with Crippen LogP contribution < -0.4 is 21.5 Å². The summed E-state index contributed by atoms with van der Waals surface area (Å²) in [7, 11) is -4.10. The summed E-state index contributed by atoms with van der Waals surface area (Å²) in [6, 6.07) is 11.6. The number of imidazole rings is 1. The fourth-order valence-electron chi connectivity index (χ4n) is 4.78. The third-order valence-electron chi connectivity index (χ3n) is 6.94. The second kappa shape index (κ2) is 11.2. The van der Waals surface area contributed by atoms with Crippen molar-refractivity contribution in [2.24, 2.45) is 10.9 Å². The van der Waals surface area contributed by atoms with E-state index in [2.05, 4.69) is 25.5 Å². The molecular weight excluding hydrogens is 548 g/mol. The van der Waals surface area contributed by atoms with Gasteiger partial charge in [-0.1, -0.05) is 12.1 Å². The zero-order valence-electron chi connectivity index (χ0n) is 21.9. The van der Waals surface area contributed by atoms with Crippen LogP contribution in [0, 0.1) is 5.41 Å². The van der Waals surface area contributed by atoms with Gasteiger partial charge in [0, 0.05) is 44.8 Å². The van der Waals surface area contributed by atoms with Gasteiger partial charge in [0.05, 0.1) is 32.6 Å². The van der Waals surface area contributed by atoms with E-state index >= 15 is 0 Å². The minimum atomic E-state index is -4.10. The number of phenols is 2. The van der Waals surface area contributed by atoms with Crippen LogP contribution in [0.25, 0.3) is 33.5 Å². The summed E-state index contributed by atoms with van der Waals surface area (Å²) >= 11 is 0. The maximum Gasteiger partial charge on any atom is 0.255 e. The van der Waals surface area contributed by atoms with Crippen molar-refractivity contribution in [3.63, 3.8) is 0 Å². The van der Waals surface area contributed by atoms with Crippen LogP contribution >= 0.6 is 0 Å². The molecule has 3 aromatic carbocycles. The Hall–Kier alpha value is -4.50. The number of hydrogen-bond acceptors (Lipinski definition) is 9. The van der Waals surface area contributed by atoms with E-state index in [-0.39, 0.29) is 38.8 Å². The van der Waals surface area contributed by atoms with Gasteiger partial charge in [0.15, 0.2) is 0 Å². The molecular formula is C27H30N8O5S. The average Bonchev–Trinajstić information content (AvgIpc) is 3.36. The number of rotatable bonds is 8. The van der Waals surface area contributed by atoms with Gasteiger partial charge in [-0.05, 0) is 42.0 Å². The predicted molar refractivity (Wildman–Crippen MR) is 154 cm³/mol. The summed E-state index contributed by atoms with van der Waals surface area (Å²) in [5.41, 5.74) is 7.03. The number of primary sulfonamides is 1. The molecule has 2 heterocycles. The Labute approximate surface area is 235 Å². The Balaban J connectivity index is 1.60. The highest BCUT2D eigenvalue weighted by atomic mass is 32.2. The minimum Gasteiger partial charge on any atom is -0.506 e. The lowest BCUT2D eigenvalue weighted by molar-refractivity contribution is 0.0944. The molecule has 0 saturated carbocycles. The Kier molecular flexibility index (Phi) is 7.64. The summed E-state index contributed by atoms with van der Waals surface area (Å²) in [6.07, 6.45) is 0. The predicted octanol–water partition coefficient (Wildman–Crippen LogP) is 0.875. The summed E-state index contributed by atoms with van der Waals surface area (Å²) < 4.78 is 24.0. The smallest absolute Gasteiger partial charge is 0.255 e. The third kappa shape index (κ3) is 5.85. The molecule has 5 rings (SSSR count). The number of amides is 1. The largest absolute Gasteiger partial charge is 0.506 e. The van der Waals surface area contributed by atoms with E-state index < -0.39 is 27.4 Å². The second-order valence-corrected chi connectivity index (χ2v) is 11.3. The van der Waals surface area contributed by atoms with Crippen molar-refractivity contribution in [2.45, 2.75) is 4.90 Å². The molecule has 41 heavy (non-hydrogen) atoms. The van der Waals surface area contributed by atoms with Crippen molar-refractivity contribution in [1.82, 2.24) is 25.5 Å². The number of benzene rings is 3. The number of nitrogens with zero attached hydrogens (tertiary/aromatic N) is 2. The van der Waals surface area contributed by atoms with E-state index in [1.807, 2.05) is 0 Å². The van der Waals surface area contributed by atoms with E-state index in [0.717, 1.165) is 26.2 Å². The van der Waals surface area contributed by atoms with E-state index in [1.54, 1.807) is 18.2 Å². The van der Waals surface area contributed by atoms with Crippen LogP contribution in [0.15, 0.2) is 53.4 Å². The number of carbonyl (C=O) groups is 1. The van der Waals surface area contributed by atoms with Gasteiger partial charge in [-0.25, -0.2) is 18.5 Å². The molecule has 0 unspecified atom stereocenters. The number of hydrogen-bond donors (Lipinski definition) is 8. The number of H-pyrrole nitrogens is 1. The Morgan fingerprint density at radius 3 is 2.56 bits per heavy atom. The lowest BCUT2D eigenvalue weighted by Gasteiger charge is -2.27. The summed E-state index contributed by atoms with van der Waals surface area (Å²) in [5.74, 6) is -1.51. The molecule has 1 aliphatic heterocycles. The molecule has 1 fully saturated rings. The van der Waals surface area contributed by atoms with Crippen LogP contribution in [0.3, 0.4) is 0 Å². The number of phenolic OH excluding ortho intramolecular Hbond substituents is 2. The molecule has 0 spiro atoms. The first-order chi connectivity index (χ1) is 19.5. The molecule has 4 aromatic rings. The lowest BCUT2D eigenvalue weighted by atomic mass is 9.95.